The van der Waals surface area contributed by atoms with Crippen molar-refractivity contribution in [3.63, 3.8) is 0 Å². The molecule has 0 unspecified atom stereocenters. The minimum Gasteiger partial charge on any atom is -0.492 e. The molecule has 122 valence electrons. The van der Waals surface area contributed by atoms with Crippen molar-refractivity contribution in [2.24, 2.45) is 0 Å². The standard InChI is InChI=1S/C21H21NO2/c1-16-7-10-20(11-8-16)22(17(2)23)13-14-24-21-12-9-18-5-3-4-6-19(18)15-21/h3-12,15H,13-14H2,1-2H3. The van der Waals surface area contributed by atoms with Crippen LogP contribution >= 0.6 is 0 Å². The fourth-order valence-electron chi connectivity index (χ4n) is 2.71. The lowest BCUT2D eigenvalue weighted by atomic mass is 10.1. The van der Waals surface area contributed by atoms with Gasteiger partial charge in [-0.05, 0) is 42.0 Å². The van der Waals surface area contributed by atoms with Crippen molar-refractivity contribution < 1.29 is 9.53 Å². The predicted molar refractivity (Wildman–Crippen MR) is 98.6 cm³/mol. The molecular formula is C21H21NO2. The number of benzene rings is 3. The highest BCUT2D eigenvalue weighted by molar-refractivity contribution is 5.91. The van der Waals surface area contributed by atoms with Gasteiger partial charge in [0.1, 0.15) is 12.4 Å². The molecule has 0 N–H and O–H groups in total. The van der Waals surface area contributed by atoms with Crippen LogP contribution < -0.4 is 9.64 Å². The molecule has 3 aromatic rings. The normalized spacial score (nSPS) is 10.6. The van der Waals surface area contributed by atoms with Gasteiger partial charge in [0.2, 0.25) is 5.91 Å². The molecule has 3 heteroatoms. The van der Waals surface area contributed by atoms with Crippen LogP contribution in [-0.4, -0.2) is 19.1 Å². The molecule has 0 aliphatic rings. The van der Waals surface area contributed by atoms with E-state index in [1.165, 1.54) is 10.9 Å². The number of hydrogen-bond acceptors (Lipinski definition) is 2. The van der Waals surface area contributed by atoms with E-state index >= 15 is 0 Å². The van der Waals surface area contributed by atoms with Crippen molar-refractivity contribution >= 4 is 22.4 Å². The average Bonchev–Trinajstić information content (AvgIpc) is 2.59. The molecule has 0 bridgehead atoms. The maximum atomic E-state index is 11.9. The van der Waals surface area contributed by atoms with E-state index in [-0.39, 0.29) is 5.91 Å². The number of carbonyl (C=O) groups excluding carboxylic acids is 1. The third-order valence-electron chi connectivity index (χ3n) is 4.03. The first-order valence-corrected chi connectivity index (χ1v) is 8.10. The Morgan fingerprint density at radius 2 is 1.67 bits per heavy atom. The molecule has 0 aliphatic heterocycles. The largest absolute Gasteiger partial charge is 0.492 e. The number of fused-ring (bicyclic) bond motifs is 1. The van der Waals surface area contributed by atoms with Gasteiger partial charge in [0, 0.05) is 12.6 Å². The summed E-state index contributed by atoms with van der Waals surface area (Å²) in [6.07, 6.45) is 0. The summed E-state index contributed by atoms with van der Waals surface area (Å²) < 4.78 is 5.85. The van der Waals surface area contributed by atoms with Gasteiger partial charge in [0.05, 0.1) is 6.54 Å². The molecule has 0 heterocycles. The zero-order valence-corrected chi connectivity index (χ0v) is 14.0. The van der Waals surface area contributed by atoms with Crippen LogP contribution in [0, 0.1) is 6.92 Å². The lowest BCUT2D eigenvalue weighted by molar-refractivity contribution is -0.116. The Morgan fingerprint density at radius 1 is 0.958 bits per heavy atom. The third kappa shape index (κ3) is 3.74. The van der Waals surface area contributed by atoms with Gasteiger partial charge in [0.25, 0.3) is 0 Å². The maximum Gasteiger partial charge on any atom is 0.223 e. The van der Waals surface area contributed by atoms with Gasteiger partial charge in [-0.3, -0.25) is 4.79 Å². The van der Waals surface area contributed by atoms with Crippen molar-refractivity contribution in [1.29, 1.82) is 0 Å². The third-order valence-corrected chi connectivity index (χ3v) is 4.03. The van der Waals surface area contributed by atoms with E-state index in [1.807, 2.05) is 61.5 Å². The van der Waals surface area contributed by atoms with E-state index in [4.69, 9.17) is 4.74 Å². The predicted octanol–water partition coefficient (Wildman–Crippen LogP) is 4.58. The molecule has 0 atom stereocenters. The van der Waals surface area contributed by atoms with Crippen LogP contribution in [0.15, 0.2) is 66.7 Å². The zero-order valence-electron chi connectivity index (χ0n) is 14.0. The Hall–Kier alpha value is -2.81. The minimum absolute atomic E-state index is 0.0148. The van der Waals surface area contributed by atoms with Gasteiger partial charge in [-0.15, -0.1) is 0 Å². The number of carbonyl (C=O) groups is 1. The van der Waals surface area contributed by atoms with Gasteiger partial charge in [-0.1, -0.05) is 48.0 Å². The van der Waals surface area contributed by atoms with E-state index in [2.05, 4.69) is 12.1 Å². The van der Waals surface area contributed by atoms with Crippen LogP contribution in [-0.2, 0) is 4.79 Å². The first kappa shape index (κ1) is 16.1. The molecule has 0 spiro atoms. The van der Waals surface area contributed by atoms with Crippen molar-refractivity contribution in [2.75, 3.05) is 18.1 Å². The Kier molecular flexibility index (Phi) is 4.80. The average molecular weight is 319 g/mol. The Labute approximate surface area is 142 Å². The lowest BCUT2D eigenvalue weighted by Gasteiger charge is -2.21. The molecule has 0 radical (unpaired) electrons. The van der Waals surface area contributed by atoms with E-state index < -0.39 is 0 Å². The molecule has 1 amide bonds. The van der Waals surface area contributed by atoms with Crippen molar-refractivity contribution in [2.45, 2.75) is 13.8 Å². The Balaban J connectivity index is 1.66. The number of aryl methyl sites for hydroxylation is 1. The second-order valence-corrected chi connectivity index (χ2v) is 5.86. The number of anilines is 1. The summed E-state index contributed by atoms with van der Waals surface area (Å²) in [6, 6.07) is 22.2. The molecule has 0 aliphatic carbocycles. The first-order valence-electron chi connectivity index (χ1n) is 8.10. The van der Waals surface area contributed by atoms with Crippen LogP contribution in [0.2, 0.25) is 0 Å². The summed E-state index contributed by atoms with van der Waals surface area (Å²) in [6.45, 7) is 4.58. The summed E-state index contributed by atoms with van der Waals surface area (Å²) in [7, 11) is 0. The zero-order chi connectivity index (χ0) is 16.9. The summed E-state index contributed by atoms with van der Waals surface area (Å²) in [5.74, 6) is 0.835. The van der Waals surface area contributed by atoms with E-state index in [0.29, 0.717) is 13.2 Å². The molecule has 0 aromatic heterocycles. The molecular weight excluding hydrogens is 298 g/mol. The summed E-state index contributed by atoms with van der Waals surface area (Å²) in [5.41, 5.74) is 2.07. The highest BCUT2D eigenvalue weighted by Crippen LogP contribution is 2.21. The monoisotopic (exact) mass is 319 g/mol. The number of hydrogen-bond donors (Lipinski definition) is 0. The van der Waals surface area contributed by atoms with E-state index in [0.717, 1.165) is 16.8 Å². The number of rotatable bonds is 5. The molecule has 24 heavy (non-hydrogen) atoms. The van der Waals surface area contributed by atoms with Crippen molar-refractivity contribution in [3.05, 3.63) is 72.3 Å². The van der Waals surface area contributed by atoms with Crippen LogP contribution in [0.5, 0.6) is 5.75 Å². The molecule has 0 saturated carbocycles. The van der Waals surface area contributed by atoms with Crippen molar-refractivity contribution in [3.8, 4) is 5.75 Å². The minimum atomic E-state index is 0.0148. The number of ether oxygens (including phenoxy) is 1. The van der Waals surface area contributed by atoms with Crippen molar-refractivity contribution in [1.82, 2.24) is 0 Å². The maximum absolute atomic E-state index is 11.9. The van der Waals surface area contributed by atoms with Gasteiger partial charge in [-0.25, -0.2) is 0 Å². The number of nitrogens with zero attached hydrogens (tertiary/aromatic N) is 1. The van der Waals surface area contributed by atoms with Gasteiger partial charge in [-0.2, -0.15) is 0 Å². The summed E-state index contributed by atoms with van der Waals surface area (Å²) in [4.78, 5) is 13.7. The quantitative estimate of drug-likeness (QED) is 0.689. The molecule has 0 fully saturated rings. The van der Waals surface area contributed by atoms with Gasteiger partial charge < -0.3 is 9.64 Å². The summed E-state index contributed by atoms with van der Waals surface area (Å²) >= 11 is 0. The molecule has 3 rings (SSSR count). The Bertz CT molecular complexity index is 840. The van der Waals surface area contributed by atoms with E-state index in [9.17, 15) is 4.79 Å². The fraction of sp³-hybridized carbons (Fsp3) is 0.190. The molecule has 0 saturated heterocycles. The molecule has 3 nitrogen and oxygen atoms in total. The van der Waals surface area contributed by atoms with Gasteiger partial charge in [0.15, 0.2) is 0 Å². The van der Waals surface area contributed by atoms with E-state index in [1.54, 1.807) is 11.8 Å². The van der Waals surface area contributed by atoms with Crippen LogP contribution in [0.1, 0.15) is 12.5 Å². The van der Waals surface area contributed by atoms with Gasteiger partial charge >= 0.3 is 0 Å². The number of amides is 1. The Morgan fingerprint density at radius 3 is 2.38 bits per heavy atom. The second-order valence-electron chi connectivity index (χ2n) is 5.86. The summed E-state index contributed by atoms with van der Waals surface area (Å²) in [5, 5.41) is 2.34. The lowest BCUT2D eigenvalue weighted by Crippen LogP contribution is -2.32. The first-order chi connectivity index (χ1) is 11.6. The SMILES string of the molecule is CC(=O)N(CCOc1ccc2ccccc2c1)c1ccc(C)cc1. The highest BCUT2D eigenvalue weighted by atomic mass is 16.5. The second kappa shape index (κ2) is 7.18. The topological polar surface area (TPSA) is 29.5 Å². The van der Waals surface area contributed by atoms with Crippen LogP contribution in [0.25, 0.3) is 10.8 Å². The van der Waals surface area contributed by atoms with Crippen LogP contribution in [0.4, 0.5) is 5.69 Å². The highest BCUT2D eigenvalue weighted by Gasteiger charge is 2.11. The smallest absolute Gasteiger partial charge is 0.223 e. The fourth-order valence-corrected chi connectivity index (χ4v) is 2.71. The van der Waals surface area contributed by atoms with Crippen LogP contribution in [0.3, 0.4) is 0 Å². The molecule has 3 aromatic carbocycles.